The van der Waals surface area contributed by atoms with Gasteiger partial charge in [0.15, 0.2) is 0 Å². The van der Waals surface area contributed by atoms with Gasteiger partial charge in [-0.15, -0.1) is 0 Å². The molecule has 132 valence electrons. The number of benzene rings is 1. The van der Waals surface area contributed by atoms with E-state index in [4.69, 9.17) is 18.9 Å². The van der Waals surface area contributed by atoms with Crippen LogP contribution in [0.4, 0.5) is 0 Å². The smallest absolute Gasteiger partial charge is 0.283 e. The Labute approximate surface area is 144 Å². The zero-order valence-corrected chi connectivity index (χ0v) is 14.4. The van der Waals surface area contributed by atoms with E-state index in [1.807, 2.05) is 18.2 Å². The van der Waals surface area contributed by atoms with Gasteiger partial charge >= 0.3 is 0 Å². The fraction of sp³-hybridized carbons (Fsp3) is 0.600. The summed E-state index contributed by atoms with van der Waals surface area (Å²) in [5.74, 6) is -0.829. The van der Waals surface area contributed by atoms with E-state index in [-0.39, 0.29) is 6.10 Å². The van der Waals surface area contributed by atoms with Crippen LogP contribution in [0.15, 0.2) is 30.8 Å². The molecule has 0 bridgehead atoms. The first-order chi connectivity index (χ1) is 11.8. The van der Waals surface area contributed by atoms with Gasteiger partial charge in [0.1, 0.15) is 6.10 Å². The topological polar surface area (TPSA) is 36.9 Å². The minimum Gasteiger partial charge on any atom is -0.374 e. The lowest BCUT2D eigenvalue weighted by molar-refractivity contribution is -0.341. The van der Waals surface area contributed by atoms with E-state index in [0.717, 1.165) is 30.4 Å². The average Bonchev–Trinajstić information content (AvgIpc) is 3.05. The summed E-state index contributed by atoms with van der Waals surface area (Å²) < 4.78 is 23.7. The summed E-state index contributed by atoms with van der Waals surface area (Å²) in [5.41, 5.74) is 2.26. The molecule has 1 aromatic carbocycles. The normalized spacial score (nSPS) is 28.2. The molecule has 1 spiro atoms. The zero-order chi connectivity index (χ0) is 16.7. The lowest BCUT2D eigenvalue weighted by Gasteiger charge is -2.27. The maximum atomic E-state index is 6.07. The summed E-state index contributed by atoms with van der Waals surface area (Å²) in [7, 11) is 0. The molecule has 0 aromatic heterocycles. The van der Waals surface area contributed by atoms with E-state index in [9.17, 15) is 0 Å². The second-order valence-corrected chi connectivity index (χ2v) is 6.56. The molecule has 2 atom stereocenters. The predicted molar refractivity (Wildman–Crippen MR) is 93.4 cm³/mol. The molecule has 2 aliphatic heterocycles. The largest absolute Gasteiger partial charge is 0.374 e. The van der Waals surface area contributed by atoms with Crippen LogP contribution in [0.2, 0.25) is 0 Å². The Balaban J connectivity index is 1.43. The Kier molecular flexibility index (Phi) is 6.44. The van der Waals surface area contributed by atoms with E-state index in [0.29, 0.717) is 26.4 Å². The Hall–Kier alpha value is -1.20. The molecule has 2 saturated heterocycles. The minimum atomic E-state index is -0.829. The van der Waals surface area contributed by atoms with Crippen LogP contribution >= 0.6 is 0 Å². The summed E-state index contributed by atoms with van der Waals surface area (Å²) in [6, 6.07) is 8.21. The standard InChI is InChI=1S/C20H28O4/c1-2-17-8-10-18(11-9-17)14-21-15-19-16-23-20(24-19)12-6-4-3-5-7-13-22-20/h2,8-11,19H,1,3-7,12-16H2. The molecule has 4 nitrogen and oxygen atoms in total. The predicted octanol–water partition coefficient (Wildman–Crippen LogP) is 4.29. The van der Waals surface area contributed by atoms with Crippen LogP contribution in [0.5, 0.6) is 0 Å². The molecule has 0 saturated carbocycles. The molecule has 0 N–H and O–H groups in total. The summed E-state index contributed by atoms with van der Waals surface area (Å²) in [4.78, 5) is 0. The monoisotopic (exact) mass is 332 g/mol. The van der Waals surface area contributed by atoms with E-state index in [1.54, 1.807) is 0 Å². The van der Waals surface area contributed by atoms with E-state index < -0.39 is 5.97 Å². The van der Waals surface area contributed by atoms with Crippen LogP contribution in [-0.2, 0) is 25.6 Å². The van der Waals surface area contributed by atoms with Crippen LogP contribution in [-0.4, -0.2) is 31.9 Å². The first-order valence-corrected chi connectivity index (χ1v) is 9.04. The summed E-state index contributed by atoms with van der Waals surface area (Å²) in [5, 5.41) is 0. The highest BCUT2D eigenvalue weighted by Crippen LogP contribution is 2.32. The highest BCUT2D eigenvalue weighted by Gasteiger charge is 2.42. The number of ether oxygens (including phenoxy) is 4. The molecule has 0 amide bonds. The molecule has 2 unspecified atom stereocenters. The number of hydrogen-bond donors (Lipinski definition) is 0. The van der Waals surface area contributed by atoms with Crippen molar-refractivity contribution >= 4 is 6.08 Å². The Morgan fingerprint density at radius 3 is 2.71 bits per heavy atom. The summed E-state index contributed by atoms with van der Waals surface area (Å²) >= 11 is 0. The first-order valence-electron chi connectivity index (χ1n) is 9.04. The molecule has 0 radical (unpaired) electrons. The molecule has 0 aliphatic carbocycles. The second kappa shape index (κ2) is 8.77. The van der Waals surface area contributed by atoms with Gasteiger partial charge in [0, 0.05) is 6.42 Å². The third-order valence-electron chi connectivity index (χ3n) is 4.57. The van der Waals surface area contributed by atoms with Gasteiger partial charge in [-0.3, -0.25) is 0 Å². The van der Waals surface area contributed by atoms with Crippen LogP contribution in [0.3, 0.4) is 0 Å². The van der Waals surface area contributed by atoms with E-state index in [1.165, 1.54) is 19.3 Å². The number of rotatable bonds is 5. The van der Waals surface area contributed by atoms with Crippen LogP contribution < -0.4 is 0 Å². The van der Waals surface area contributed by atoms with Gasteiger partial charge in [-0.05, 0) is 24.0 Å². The van der Waals surface area contributed by atoms with Gasteiger partial charge in [-0.25, -0.2) is 0 Å². The average molecular weight is 332 g/mol. The maximum absolute atomic E-state index is 6.07. The Morgan fingerprint density at radius 1 is 1.08 bits per heavy atom. The molecule has 3 rings (SSSR count). The van der Waals surface area contributed by atoms with Crippen molar-refractivity contribution in [2.75, 3.05) is 19.8 Å². The van der Waals surface area contributed by atoms with Gasteiger partial charge in [0.25, 0.3) is 5.97 Å². The van der Waals surface area contributed by atoms with Gasteiger partial charge in [-0.1, -0.05) is 56.2 Å². The van der Waals surface area contributed by atoms with Crippen LogP contribution in [0, 0.1) is 0 Å². The maximum Gasteiger partial charge on any atom is 0.283 e. The molecule has 4 heteroatoms. The first kappa shape index (κ1) is 17.6. The highest BCUT2D eigenvalue weighted by atomic mass is 16.9. The van der Waals surface area contributed by atoms with Crippen molar-refractivity contribution < 1.29 is 18.9 Å². The summed E-state index contributed by atoms with van der Waals surface area (Å²) in [6.45, 7) is 6.11. The van der Waals surface area contributed by atoms with Crippen molar-refractivity contribution in [2.24, 2.45) is 0 Å². The zero-order valence-electron chi connectivity index (χ0n) is 14.4. The van der Waals surface area contributed by atoms with Crippen LogP contribution in [0.25, 0.3) is 6.08 Å². The molecule has 2 aliphatic rings. The summed E-state index contributed by atoms with van der Waals surface area (Å²) in [6.07, 6.45) is 8.49. The van der Waals surface area contributed by atoms with E-state index >= 15 is 0 Å². The van der Waals surface area contributed by atoms with Crippen molar-refractivity contribution in [3.05, 3.63) is 42.0 Å². The SMILES string of the molecule is C=Cc1ccc(COCC2COC3(CCCCCCCO3)O2)cc1. The second-order valence-electron chi connectivity index (χ2n) is 6.56. The van der Waals surface area contributed by atoms with Crippen molar-refractivity contribution in [1.29, 1.82) is 0 Å². The quantitative estimate of drug-likeness (QED) is 0.806. The lowest BCUT2D eigenvalue weighted by atomic mass is 10.1. The lowest BCUT2D eigenvalue weighted by Crippen LogP contribution is -2.35. The Bertz CT molecular complexity index is 501. The van der Waals surface area contributed by atoms with E-state index in [2.05, 4.69) is 18.7 Å². The van der Waals surface area contributed by atoms with Gasteiger partial charge in [0.2, 0.25) is 0 Å². The molecule has 2 fully saturated rings. The highest BCUT2D eigenvalue weighted by molar-refractivity contribution is 5.47. The van der Waals surface area contributed by atoms with Gasteiger partial charge in [-0.2, -0.15) is 0 Å². The Morgan fingerprint density at radius 2 is 1.88 bits per heavy atom. The third-order valence-corrected chi connectivity index (χ3v) is 4.57. The van der Waals surface area contributed by atoms with Crippen molar-refractivity contribution in [3.8, 4) is 0 Å². The molecular formula is C20H28O4. The van der Waals surface area contributed by atoms with Gasteiger partial charge < -0.3 is 18.9 Å². The van der Waals surface area contributed by atoms with Crippen molar-refractivity contribution in [3.63, 3.8) is 0 Å². The van der Waals surface area contributed by atoms with Gasteiger partial charge in [0.05, 0.1) is 26.4 Å². The minimum absolute atomic E-state index is 0.0572. The molecule has 24 heavy (non-hydrogen) atoms. The fourth-order valence-corrected chi connectivity index (χ4v) is 3.16. The van der Waals surface area contributed by atoms with Crippen LogP contribution in [0.1, 0.15) is 49.7 Å². The van der Waals surface area contributed by atoms with Crippen molar-refractivity contribution in [2.45, 2.75) is 57.2 Å². The fourth-order valence-electron chi connectivity index (χ4n) is 3.16. The number of hydrogen-bond acceptors (Lipinski definition) is 4. The third kappa shape index (κ3) is 4.90. The molecule has 1 aromatic rings. The van der Waals surface area contributed by atoms with Crippen molar-refractivity contribution in [1.82, 2.24) is 0 Å². The molecular weight excluding hydrogens is 304 g/mol. The molecule has 2 heterocycles.